The smallest absolute Gasteiger partial charge is 0.250 e. The molecule has 2 aromatic heterocycles. The largest absolute Gasteiger partial charge is 0.272 e. The number of carbonyl (C=O) groups is 1. The molecule has 0 atom stereocenters. The van der Waals surface area contributed by atoms with Gasteiger partial charge in [0.25, 0.3) is 5.91 Å². The monoisotopic (exact) mass is 293 g/mol. The van der Waals surface area contributed by atoms with Crippen molar-refractivity contribution in [1.29, 1.82) is 0 Å². The molecule has 1 amide bonds. The van der Waals surface area contributed by atoms with Gasteiger partial charge < -0.3 is 0 Å². The third-order valence-corrected chi connectivity index (χ3v) is 3.88. The highest BCUT2D eigenvalue weighted by Gasteiger charge is 2.05. The van der Waals surface area contributed by atoms with Crippen LogP contribution in [-0.2, 0) is 4.79 Å². The predicted molar refractivity (Wildman–Crippen MR) is 75.3 cm³/mol. The minimum absolute atomic E-state index is 0.190. The number of nitrogens with one attached hydrogen (secondary N) is 1. The fourth-order valence-electron chi connectivity index (χ4n) is 1.12. The Morgan fingerprint density at radius 1 is 1.53 bits per heavy atom. The third-order valence-electron chi connectivity index (χ3n) is 1.91. The van der Waals surface area contributed by atoms with Gasteiger partial charge in [-0.25, -0.2) is 5.43 Å². The third kappa shape index (κ3) is 4.76. The number of nitrogens with zero attached hydrogens (tertiary/aromatic N) is 4. The molecule has 2 rings (SSSR count). The van der Waals surface area contributed by atoms with E-state index in [0.717, 1.165) is 9.35 Å². The zero-order valence-electron chi connectivity index (χ0n) is 10.1. The lowest BCUT2D eigenvalue weighted by Gasteiger charge is -1.96. The van der Waals surface area contributed by atoms with Gasteiger partial charge in [0.1, 0.15) is 5.01 Å². The molecule has 0 unspecified atom stereocenters. The molecule has 0 bridgehead atoms. The Hall–Kier alpha value is -1.80. The van der Waals surface area contributed by atoms with Crippen LogP contribution in [0.1, 0.15) is 10.7 Å². The second-order valence-electron chi connectivity index (χ2n) is 3.42. The molecule has 0 aliphatic heterocycles. The van der Waals surface area contributed by atoms with Crippen LogP contribution in [0.15, 0.2) is 33.8 Å². The van der Waals surface area contributed by atoms with Gasteiger partial charge in [0.15, 0.2) is 4.34 Å². The molecular weight excluding hydrogens is 282 g/mol. The van der Waals surface area contributed by atoms with Crippen molar-refractivity contribution >= 4 is 35.2 Å². The minimum atomic E-state index is -0.190. The molecule has 6 nitrogen and oxygen atoms in total. The van der Waals surface area contributed by atoms with E-state index in [9.17, 15) is 4.79 Å². The van der Waals surface area contributed by atoms with Crippen molar-refractivity contribution in [1.82, 2.24) is 20.6 Å². The Morgan fingerprint density at radius 3 is 3.11 bits per heavy atom. The molecule has 0 aliphatic carbocycles. The molecule has 2 aromatic rings. The number of thioether (sulfide) groups is 1. The quantitative estimate of drug-likeness (QED) is 0.513. The number of amides is 1. The molecular formula is C11H11N5OS2. The van der Waals surface area contributed by atoms with Crippen LogP contribution < -0.4 is 5.43 Å². The summed E-state index contributed by atoms with van der Waals surface area (Å²) >= 11 is 2.80. The van der Waals surface area contributed by atoms with Gasteiger partial charge in [0, 0.05) is 6.20 Å². The fraction of sp³-hybridized carbons (Fsp3) is 0.182. The van der Waals surface area contributed by atoms with Crippen LogP contribution in [0.3, 0.4) is 0 Å². The second kappa shape index (κ2) is 6.95. The van der Waals surface area contributed by atoms with Gasteiger partial charge in [-0.05, 0) is 19.1 Å². The van der Waals surface area contributed by atoms with Crippen molar-refractivity contribution < 1.29 is 4.79 Å². The van der Waals surface area contributed by atoms with E-state index in [-0.39, 0.29) is 11.7 Å². The molecule has 2 heterocycles. The first-order valence-corrected chi connectivity index (χ1v) is 7.20. The average molecular weight is 293 g/mol. The highest BCUT2D eigenvalue weighted by molar-refractivity contribution is 8.01. The van der Waals surface area contributed by atoms with Crippen LogP contribution in [0, 0.1) is 6.92 Å². The van der Waals surface area contributed by atoms with Crippen molar-refractivity contribution in [2.45, 2.75) is 11.3 Å². The molecule has 0 aliphatic rings. The molecule has 19 heavy (non-hydrogen) atoms. The van der Waals surface area contributed by atoms with Gasteiger partial charge in [0.05, 0.1) is 17.7 Å². The summed E-state index contributed by atoms with van der Waals surface area (Å²) in [6.45, 7) is 1.87. The Bertz CT molecular complexity index is 569. The van der Waals surface area contributed by atoms with Crippen molar-refractivity contribution in [2.24, 2.45) is 5.10 Å². The second-order valence-corrected chi connectivity index (χ2v) is 5.83. The topological polar surface area (TPSA) is 80.1 Å². The minimum Gasteiger partial charge on any atom is -0.272 e. The van der Waals surface area contributed by atoms with E-state index >= 15 is 0 Å². The maximum Gasteiger partial charge on any atom is 0.250 e. The van der Waals surface area contributed by atoms with Crippen molar-refractivity contribution in [3.63, 3.8) is 0 Å². The summed E-state index contributed by atoms with van der Waals surface area (Å²) in [4.78, 5) is 15.6. The SMILES string of the molecule is Cc1nnc(SCC(=O)NN=Cc2ccccn2)s1. The van der Waals surface area contributed by atoms with Crippen molar-refractivity contribution in [2.75, 3.05) is 5.75 Å². The highest BCUT2D eigenvalue weighted by atomic mass is 32.2. The van der Waals surface area contributed by atoms with Crippen LogP contribution in [-0.4, -0.2) is 33.1 Å². The number of carbonyl (C=O) groups excluding carboxylic acids is 1. The summed E-state index contributed by atoms with van der Waals surface area (Å²) in [5, 5.41) is 12.5. The van der Waals surface area contributed by atoms with Crippen LogP contribution in [0.25, 0.3) is 0 Å². The number of hydrogen-bond donors (Lipinski definition) is 1. The summed E-state index contributed by atoms with van der Waals surface area (Å²) in [5.74, 6) is 0.0683. The molecule has 0 saturated carbocycles. The Kier molecular flexibility index (Phi) is 4.99. The van der Waals surface area contributed by atoms with Crippen LogP contribution in [0.2, 0.25) is 0 Å². The first kappa shape index (κ1) is 13.6. The maximum absolute atomic E-state index is 11.5. The van der Waals surface area contributed by atoms with Crippen LogP contribution >= 0.6 is 23.1 Å². The molecule has 8 heteroatoms. The van der Waals surface area contributed by atoms with Crippen LogP contribution in [0.4, 0.5) is 0 Å². The van der Waals surface area contributed by atoms with Gasteiger partial charge in [-0.2, -0.15) is 5.10 Å². The molecule has 0 radical (unpaired) electrons. The van der Waals surface area contributed by atoms with Gasteiger partial charge >= 0.3 is 0 Å². The number of hydrogen-bond acceptors (Lipinski definition) is 7. The number of pyridine rings is 1. The molecule has 0 saturated heterocycles. The fourth-order valence-corrected chi connectivity index (χ4v) is 2.73. The summed E-state index contributed by atoms with van der Waals surface area (Å²) in [6.07, 6.45) is 3.16. The molecule has 0 aromatic carbocycles. The predicted octanol–water partition coefficient (Wildman–Crippen LogP) is 1.48. The summed E-state index contributed by atoms with van der Waals surface area (Å²) in [6, 6.07) is 5.47. The normalized spacial score (nSPS) is 10.8. The molecule has 1 N–H and O–H groups in total. The lowest BCUT2D eigenvalue weighted by atomic mass is 10.4. The Balaban J connectivity index is 1.74. The van der Waals surface area contributed by atoms with E-state index in [1.165, 1.54) is 29.3 Å². The molecule has 98 valence electrons. The number of rotatable bonds is 5. The summed E-state index contributed by atoms with van der Waals surface area (Å²) in [7, 11) is 0. The van der Waals surface area contributed by atoms with Gasteiger partial charge in [-0.15, -0.1) is 10.2 Å². The lowest BCUT2D eigenvalue weighted by molar-refractivity contribution is -0.118. The number of aromatic nitrogens is 3. The van der Waals surface area contributed by atoms with Gasteiger partial charge in [-0.3, -0.25) is 9.78 Å². The van der Waals surface area contributed by atoms with E-state index < -0.39 is 0 Å². The van der Waals surface area contributed by atoms with E-state index in [1.54, 1.807) is 12.3 Å². The first-order chi connectivity index (χ1) is 9.24. The zero-order valence-corrected chi connectivity index (χ0v) is 11.7. The van der Waals surface area contributed by atoms with Crippen LogP contribution in [0.5, 0.6) is 0 Å². The first-order valence-electron chi connectivity index (χ1n) is 5.40. The molecule has 0 fully saturated rings. The van der Waals surface area contributed by atoms with Gasteiger partial charge in [-0.1, -0.05) is 29.2 Å². The maximum atomic E-state index is 11.5. The average Bonchev–Trinajstić information content (AvgIpc) is 2.83. The van der Waals surface area contributed by atoms with E-state index in [4.69, 9.17) is 0 Å². The summed E-state index contributed by atoms with van der Waals surface area (Å²) in [5.41, 5.74) is 3.12. The van der Waals surface area contributed by atoms with Crippen molar-refractivity contribution in [3.05, 3.63) is 35.1 Å². The zero-order chi connectivity index (χ0) is 13.5. The number of aryl methyl sites for hydroxylation is 1. The lowest BCUT2D eigenvalue weighted by Crippen LogP contribution is -2.19. The van der Waals surface area contributed by atoms with E-state index in [0.29, 0.717) is 5.69 Å². The highest BCUT2D eigenvalue weighted by Crippen LogP contribution is 2.21. The van der Waals surface area contributed by atoms with E-state index in [1.807, 2.05) is 19.1 Å². The van der Waals surface area contributed by atoms with Gasteiger partial charge in [0.2, 0.25) is 0 Å². The summed E-state index contributed by atoms with van der Waals surface area (Å²) < 4.78 is 0.779. The van der Waals surface area contributed by atoms with E-state index in [2.05, 4.69) is 25.7 Å². The standard InChI is InChI=1S/C11H11N5OS2/c1-8-14-16-11(19-8)18-7-10(17)15-13-6-9-4-2-3-5-12-9/h2-6H,7H2,1H3,(H,15,17). The van der Waals surface area contributed by atoms with Crippen molar-refractivity contribution in [3.8, 4) is 0 Å². The molecule has 0 spiro atoms. The Labute approximate surface area is 118 Å². The number of hydrazone groups is 1. The Morgan fingerprint density at radius 2 is 2.42 bits per heavy atom.